The van der Waals surface area contributed by atoms with Crippen LogP contribution in [-0.4, -0.2) is 12.6 Å². The lowest BCUT2D eigenvalue weighted by atomic mass is 9.76. The molecule has 0 amide bonds. The second-order valence-electron chi connectivity index (χ2n) is 4.98. The van der Waals surface area contributed by atoms with Gasteiger partial charge in [-0.2, -0.15) is 0 Å². The van der Waals surface area contributed by atoms with E-state index in [1.807, 2.05) is 0 Å². The van der Waals surface area contributed by atoms with E-state index in [1.165, 1.54) is 38.5 Å². The molecule has 0 radical (unpaired) electrons. The van der Waals surface area contributed by atoms with Crippen molar-refractivity contribution in [3.8, 4) is 0 Å². The van der Waals surface area contributed by atoms with Gasteiger partial charge < -0.3 is 5.32 Å². The standard InChI is InChI=1S/C13H27N/c1-4-7-11(3)10-13(14-5-2)12-8-6-9-12/h11-14H,4-10H2,1-3H3. The molecule has 1 nitrogen and oxygen atoms in total. The Bertz CT molecular complexity index is 140. The summed E-state index contributed by atoms with van der Waals surface area (Å²) in [7, 11) is 0. The van der Waals surface area contributed by atoms with Gasteiger partial charge in [0.05, 0.1) is 0 Å². The fourth-order valence-corrected chi connectivity index (χ4v) is 2.59. The van der Waals surface area contributed by atoms with Gasteiger partial charge in [-0.3, -0.25) is 0 Å². The van der Waals surface area contributed by atoms with E-state index >= 15 is 0 Å². The number of rotatable bonds is 7. The molecular formula is C13H27N. The van der Waals surface area contributed by atoms with E-state index in [0.717, 1.165) is 24.4 Å². The summed E-state index contributed by atoms with van der Waals surface area (Å²) in [6, 6.07) is 0.815. The molecule has 14 heavy (non-hydrogen) atoms. The highest BCUT2D eigenvalue weighted by Crippen LogP contribution is 2.32. The van der Waals surface area contributed by atoms with Crippen molar-refractivity contribution in [3.05, 3.63) is 0 Å². The molecule has 0 aromatic carbocycles. The highest BCUT2D eigenvalue weighted by Gasteiger charge is 2.27. The minimum atomic E-state index is 0.815. The molecule has 1 aliphatic carbocycles. The van der Waals surface area contributed by atoms with Crippen LogP contribution in [0.15, 0.2) is 0 Å². The molecule has 0 spiro atoms. The summed E-state index contributed by atoms with van der Waals surface area (Å²) in [5.41, 5.74) is 0. The average molecular weight is 197 g/mol. The first-order valence-electron chi connectivity index (χ1n) is 6.51. The number of hydrogen-bond acceptors (Lipinski definition) is 1. The summed E-state index contributed by atoms with van der Waals surface area (Å²) in [6.07, 6.45) is 8.54. The van der Waals surface area contributed by atoms with Crippen LogP contribution in [0.2, 0.25) is 0 Å². The third-order valence-electron chi connectivity index (χ3n) is 3.62. The maximum atomic E-state index is 3.67. The molecule has 1 N–H and O–H groups in total. The molecule has 0 bridgehead atoms. The van der Waals surface area contributed by atoms with Crippen molar-refractivity contribution in [1.82, 2.24) is 5.32 Å². The molecule has 1 rings (SSSR count). The molecule has 0 heterocycles. The van der Waals surface area contributed by atoms with E-state index in [2.05, 4.69) is 26.1 Å². The summed E-state index contributed by atoms with van der Waals surface area (Å²) < 4.78 is 0. The second kappa shape index (κ2) is 6.44. The van der Waals surface area contributed by atoms with Crippen molar-refractivity contribution in [3.63, 3.8) is 0 Å². The van der Waals surface area contributed by atoms with Gasteiger partial charge in [-0.25, -0.2) is 0 Å². The Morgan fingerprint density at radius 2 is 2.00 bits per heavy atom. The Morgan fingerprint density at radius 1 is 1.29 bits per heavy atom. The van der Waals surface area contributed by atoms with Crippen LogP contribution in [0.5, 0.6) is 0 Å². The van der Waals surface area contributed by atoms with Gasteiger partial charge in [0.2, 0.25) is 0 Å². The summed E-state index contributed by atoms with van der Waals surface area (Å²) in [5, 5.41) is 3.67. The van der Waals surface area contributed by atoms with Crippen LogP contribution in [0.3, 0.4) is 0 Å². The fourth-order valence-electron chi connectivity index (χ4n) is 2.59. The SMILES string of the molecule is CCCC(C)CC(NCC)C1CCC1. The first kappa shape index (κ1) is 12.0. The molecule has 1 fully saturated rings. The third kappa shape index (κ3) is 3.61. The van der Waals surface area contributed by atoms with Crippen molar-refractivity contribution >= 4 is 0 Å². The van der Waals surface area contributed by atoms with Gasteiger partial charge >= 0.3 is 0 Å². The van der Waals surface area contributed by atoms with Gasteiger partial charge in [0, 0.05) is 6.04 Å². The van der Waals surface area contributed by atoms with E-state index in [4.69, 9.17) is 0 Å². The van der Waals surface area contributed by atoms with Crippen LogP contribution in [-0.2, 0) is 0 Å². The van der Waals surface area contributed by atoms with Gasteiger partial charge in [-0.15, -0.1) is 0 Å². The Morgan fingerprint density at radius 3 is 2.43 bits per heavy atom. The predicted octanol–water partition coefficient (Wildman–Crippen LogP) is 3.59. The summed E-state index contributed by atoms with van der Waals surface area (Å²) in [4.78, 5) is 0. The van der Waals surface area contributed by atoms with E-state index in [9.17, 15) is 0 Å². The Labute approximate surface area is 89.7 Å². The molecule has 0 saturated heterocycles. The molecule has 1 aliphatic rings. The average Bonchev–Trinajstić information content (AvgIpc) is 2.01. The zero-order chi connectivity index (χ0) is 10.4. The zero-order valence-corrected chi connectivity index (χ0v) is 10.2. The van der Waals surface area contributed by atoms with E-state index in [0.29, 0.717) is 0 Å². The van der Waals surface area contributed by atoms with Crippen molar-refractivity contribution in [2.24, 2.45) is 11.8 Å². The normalized spacial score (nSPS) is 21.6. The Kier molecular flexibility index (Phi) is 5.54. The van der Waals surface area contributed by atoms with Crippen LogP contribution >= 0.6 is 0 Å². The van der Waals surface area contributed by atoms with Gasteiger partial charge in [-0.05, 0) is 37.6 Å². The zero-order valence-electron chi connectivity index (χ0n) is 10.2. The minimum absolute atomic E-state index is 0.815. The largest absolute Gasteiger partial charge is 0.314 e. The summed E-state index contributed by atoms with van der Waals surface area (Å²) in [6.45, 7) is 8.07. The predicted molar refractivity (Wildman–Crippen MR) is 63.5 cm³/mol. The maximum absolute atomic E-state index is 3.67. The molecule has 2 atom stereocenters. The van der Waals surface area contributed by atoms with Crippen molar-refractivity contribution in [2.75, 3.05) is 6.54 Å². The smallest absolute Gasteiger partial charge is 0.00977 e. The van der Waals surface area contributed by atoms with Crippen LogP contribution in [0, 0.1) is 11.8 Å². The highest BCUT2D eigenvalue weighted by molar-refractivity contribution is 4.83. The lowest BCUT2D eigenvalue weighted by molar-refractivity contribution is 0.202. The lowest BCUT2D eigenvalue weighted by Gasteiger charge is -2.35. The first-order chi connectivity index (χ1) is 6.77. The van der Waals surface area contributed by atoms with E-state index in [-0.39, 0.29) is 0 Å². The molecule has 1 heteroatoms. The fraction of sp³-hybridized carbons (Fsp3) is 1.00. The molecular weight excluding hydrogens is 170 g/mol. The molecule has 0 aliphatic heterocycles. The van der Waals surface area contributed by atoms with Gasteiger partial charge in [0.25, 0.3) is 0 Å². The maximum Gasteiger partial charge on any atom is 0.00977 e. The van der Waals surface area contributed by atoms with Gasteiger partial charge in [-0.1, -0.05) is 40.0 Å². The molecule has 0 aromatic rings. The van der Waals surface area contributed by atoms with E-state index < -0.39 is 0 Å². The third-order valence-corrected chi connectivity index (χ3v) is 3.62. The first-order valence-corrected chi connectivity index (χ1v) is 6.51. The summed E-state index contributed by atoms with van der Waals surface area (Å²) in [5.74, 6) is 1.90. The second-order valence-corrected chi connectivity index (χ2v) is 4.98. The molecule has 0 aromatic heterocycles. The Hall–Kier alpha value is -0.0400. The number of hydrogen-bond donors (Lipinski definition) is 1. The highest BCUT2D eigenvalue weighted by atomic mass is 14.9. The summed E-state index contributed by atoms with van der Waals surface area (Å²) >= 11 is 0. The minimum Gasteiger partial charge on any atom is -0.314 e. The van der Waals surface area contributed by atoms with Gasteiger partial charge in [0.15, 0.2) is 0 Å². The van der Waals surface area contributed by atoms with Gasteiger partial charge in [0.1, 0.15) is 0 Å². The van der Waals surface area contributed by atoms with Crippen LogP contribution < -0.4 is 5.32 Å². The molecule has 2 unspecified atom stereocenters. The van der Waals surface area contributed by atoms with Crippen molar-refractivity contribution in [2.45, 2.75) is 65.3 Å². The van der Waals surface area contributed by atoms with Crippen LogP contribution in [0.4, 0.5) is 0 Å². The lowest BCUT2D eigenvalue weighted by Crippen LogP contribution is -2.40. The molecule has 84 valence electrons. The number of nitrogens with one attached hydrogen (secondary N) is 1. The molecule has 1 saturated carbocycles. The van der Waals surface area contributed by atoms with Crippen LogP contribution in [0.1, 0.15) is 59.3 Å². The van der Waals surface area contributed by atoms with E-state index in [1.54, 1.807) is 0 Å². The monoisotopic (exact) mass is 197 g/mol. The van der Waals surface area contributed by atoms with Crippen LogP contribution in [0.25, 0.3) is 0 Å². The Balaban J connectivity index is 2.26. The van der Waals surface area contributed by atoms with Crippen molar-refractivity contribution < 1.29 is 0 Å². The topological polar surface area (TPSA) is 12.0 Å². The quantitative estimate of drug-likeness (QED) is 0.657. The van der Waals surface area contributed by atoms with Crippen molar-refractivity contribution in [1.29, 1.82) is 0 Å².